The van der Waals surface area contributed by atoms with Gasteiger partial charge in [0.25, 0.3) is 3.93 Å². The van der Waals surface area contributed by atoms with Gasteiger partial charge in [0.1, 0.15) is 0 Å². The fourth-order valence-corrected chi connectivity index (χ4v) is 5.89. The maximum absolute atomic E-state index is 5.51. The van der Waals surface area contributed by atoms with Gasteiger partial charge in [-0.05, 0) is 19.4 Å². The van der Waals surface area contributed by atoms with Crippen LogP contribution in [0.3, 0.4) is 0 Å². The van der Waals surface area contributed by atoms with Crippen molar-refractivity contribution >= 4 is 49.8 Å². The van der Waals surface area contributed by atoms with Crippen LogP contribution in [0.4, 0.5) is 0 Å². The van der Waals surface area contributed by atoms with Gasteiger partial charge >= 0.3 is 0 Å². The molecule has 0 aromatic heterocycles. The van der Waals surface area contributed by atoms with Crippen LogP contribution in [0.2, 0.25) is 6.04 Å². The molecule has 24 heavy (non-hydrogen) atoms. The Morgan fingerprint density at radius 1 is 0.708 bits per heavy atom. The quantitative estimate of drug-likeness (QED) is 0.0719. The molecule has 0 rings (SSSR count). The molecule has 0 aliphatic carbocycles. The molecule has 0 aliphatic rings. The van der Waals surface area contributed by atoms with E-state index in [1.165, 1.54) is 89.5 Å². The lowest BCUT2D eigenvalue weighted by molar-refractivity contribution is 0.151. The summed E-state index contributed by atoms with van der Waals surface area (Å²) in [5.74, 6) is 0. The highest BCUT2D eigenvalue weighted by molar-refractivity contribution is 9.72. The number of unbranched alkanes of at least 4 members (excludes halogenated alkanes) is 12. The van der Waals surface area contributed by atoms with Gasteiger partial charge in [-0.25, -0.2) is 0 Å². The molecule has 0 saturated heterocycles. The number of rotatable bonds is 18. The number of hydrogen-bond donors (Lipinski definition) is 0. The fourth-order valence-electron chi connectivity index (χ4n) is 2.72. The van der Waals surface area contributed by atoms with Gasteiger partial charge in [0.2, 0.25) is 0 Å². The van der Waals surface area contributed by atoms with Crippen LogP contribution in [0.5, 0.6) is 0 Å². The summed E-state index contributed by atoms with van der Waals surface area (Å²) in [6, 6.07) is 1.27. The van der Waals surface area contributed by atoms with Crippen molar-refractivity contribution in [1.82, 2.24) is 0 Å². The Balaban J connectivity index is 3.04. The maximum Gasteiger partial charge on any atom is 0.267 e. The average molecular weight is 549 g/mol. The third kappa shape index (κ3) is 23.4. The van der Waals surface area contributed by atoms with E-state index in [4.69, 9.17) is 4.74 Å². The second kappa shape index (κ2) is 17.8. The van der Waals surface area contributed by atoms with Crippen molar-refractivity contribution in [2.24, 2.45) is 0 Å². The smallest absolute Gasteiger partial charge is 0.267 e. The Morgan fingerprint density at radius 2 is 1.08 bits per heavy atom. The van der Waals surface area contributed by atoms with Gasteiger partial charge in [-0.2, -0.15) is 0 Å². The molecule has 0 radical (unpaired) electrons. The first-order chi connectivity index (χ1) is 11.4. The summed E-state index contributed by atoms with van der Waals surface area (Å²) < 4.78 is 4.17. The molecule has 0 amide bonds. The molecule has 0 heterocycles. The van der Waals surface area contributed by atoms with Crippen molar-refractivity contribution in [2.45, 2.75) is 96.4 Å². The maximum atomic E-state index is 5.51. The third-order valence-corrected chi connectivity index (χ3v) is 8.59. The second-order valence-corrected chi connectivity index (χ2v) is 30.5. The van der Waals surface area contributed by atoms with Gasteiger partial charge in [0.05, 0.1) is 6.61 Å². The normalized spacial score (nSPS) is 11.8. The molecule has 0 atom stereocenters. The lowest BCUT2D eigenvalue weighted by atomic mass is 10.0. The molecule has 144 valence electrons. The van der Waals surface area contributed by atoms with E-state index < -0.39 is 3.93 Å². The second-order valence-electron chi connectivity index (χ2n) is 6.97. The van der Waals surface area contributed by atoms with Gasteiger partial charge < -0.3 is 4.74 Å². The molecule has 0 bridgehead atoms. The molecule has 5 heteroatoms. The van der Waals surface area contributed by atoms with Crippen LogP contribution >= 0.6 is 45.9 Å². The van der Waals surface area contributed by atoms with Crippen molar-refractivity contribution < 1.29 is 4.74 Å². The topological polar surface area (TPSA) is 9.23 Å². The van der Waals surface area contributed by atoms with E-state index in [2.05, 4.69) is 52.5 Å². The lowest BCUT2D eigenvalue weighted by Crippen LogP contribution is -2.04. The van der Waals surface area contributed by atoms with Gasteiger partial charge in [-0.15, -0.1) is 0 Å². The van der Waals surface area contributed by atoms with E-state index >= 15 is 0 Å². The van der Waals surface area contributed by atoms with E-state index in [9.17, 15) is 0 Å². The fraction of sp³-hybridized carbons (Fsp3) is 0.895. The van der Waals surface area contributed by atoms with Crippen LogP contribution in [-0.2, 0) is 4.74 Å². The Morgan fingerprint density at radius 3 is 1.46 bits per heavy atom. The summed E-state index contributed by atoms with van der Waals surface area (Å²) in [6.07, 6.45) is 18.0. The first-order valence-corrected chi connectivity index (χ1v) is 18.7. The number of ether oxygens (including phenoxy) is 1. The molecular formula is C19H37Br3OSi. The zero-order valence-corrected chi connectivity index (χ0v) is 21.3. The van der Waals surface area contributed by atoms with Crippen LogP contribution in [0, 0.1) is 0 Å². The van der Waals surface area contributed by atoms with Crippen LogP contribution < -0.4 is 0 Å². The standard InChI is InChI=1S/C19H37Br3OSi/c1-19(2)18-23-16-14-12-10-8-6-4-3-5-7-9-11-13-15-17-24(20,21)22/h1,3-18H2,2H3. The highest BCUT2D eigenvalue weighted by atomic mass is 80.0. The van der Waals surface area contributed by atoms with Crippen molar-refractivity contribution in [1.29, 1.82) is 0 Å². The number of hydrogen-bond acceptors (Lipinski definition) is 1. The average Bonchev–Trinajstić information content (AvgIpc) is 2.49. The Labute approximate surface area is 175 Å². The molecule has 0 N–H and O–H groups in total. The highest BCUT2D eigenvalue weighted by Crippen LogP contribution is 2.33. The minimum atomic E-state index is -1.34. The molecular weight excluding hydrogens is 512 g/mol. The van der Waals surface area contributed by atoms with Gasteiger partial charge in [0.15, 0.2) is 0 Å². The summed E-state index contributed by atoms with van der Waals surface area (Å²) >= 11 is 11.1. The molecule has 0 aromatic rings. The van der Waals surface area contributed by atoms with E-state index in [-0.39, 0.29) is 0 Å². The minimum Gasteiger partial charge on any atom is -0.377 e. The third-order valence-electron chi connectivity index (χ3n) is 4.10. The molecule has 0 aliphatic heterocycles. The summed E-state index contributed by atoms with van der Waals surface area (Å²) in [4.78, 5) is 0. The van der Waals surface area contributed by atoms with E-state index in [0.717, 1.165) is 18.8 Å². The molecule has 0 saturated carbocycles. The zero-order chi connectivity index (χ0) is 18.1. The summed E-state index contributed by atoms with van der Waals surface area (Å²) in [5.41, 5.74) is 1.12. The van der Waals surface area contributed by atoms with Crippen molar-refractivity contribution in [2.75, 3.05) is 13.2 Å². The van der Waals surface area contributed by atoms with E-state index in [1.54, 1.807) is 0 Å². The van der Waals surface area contributed by atoms with Gasteiger partial charge in [0, 0.05) is 6.61 Å². The summed E-state index contributed by atoms with van der Waals surface area (Å²) in [5, 5.41) is 0. The zero-order valence-electron chi connectivity index (χ0n) is 15.6. The summed E-state index contributed by atoms with van der Waals surface area (Å²) in [7, 11) is 0. The molecule has 1 nitrogen and oxygen atoms in total. The van der Waals surface area contributed by atoms with Crippen molar-refractivity contribution in [3.63, 3.8) is 0 Å². The monoisotopic (exact) mass is 546 g/mol. The van der Waals surface area contributed by atoms with E-state index in [0.29, 0.717) is 0 Å². The Hall–Kier alpha value is 1.36. The van der Waals surface area contributed by atoms with Crippen LogP contribution in [-0.4, -0.2) is 17.1 Å². The minimum absolute atomic E-state index is 0.728. The first-order valence-electron chi connectivity index (χ1n) is 9.70. The summed E-state index contributed by atoms with van der Waals surface area (Å²) in [6.45, 7) is 7.49. The van der Waals surface area contributed by atoms with Gasteiger partial charge in [-0.3, -0.25) is 0 Å². The molecule has 0 unspecified atom stereocenters. The Kier molecular flexibility index (Phi) is 18.8. The largest absolute Gasteiger partial charge is 0.377 e. The van der Waals surface area contributed by atoms with Crippen LogP contribution in [0.15, 0.2) is 12.2 Å². The lowest BCUT2D eigenvalue weighted by Gasteiger charge is -2.08. The Bertz CT molecular complexity index is 293. The molecule has 0 aromatic carbocycles. The highest BCUT2D eigenvalue weighted by Gasteiger charge is 2.20. The van der Waals surface area contributed by atoms with Crippen LogP contribution in [0.25, 0.3) is 0 Å². The molecule has 0 fully saturated rings. The van der Waals surface area contributed by atoms with Crippen molar-refractivity contribution in [3.05, 3.63) is 12.2 Å². The SMILES string of the molecule is C=C(C)COCCCCCCCCCCCCCCC[Si](Br)(Br)Br. The molecule has 0 spiro atoms. The number of halogens is 3. The van der Waals surface area contributed by atoms with Crippen LogP contribution in [0.1, 0.15) is 90.4 Å². The first kappa shape index (κ1) is 25.4. The van der Waals surface area contributed by atoms with Gasteiger partial charge in [-0.1, -0.05) is 135 Å². The predicted molar refractivity (Wildman–Crippen MR) is 123 cm³/mol. The van der Waals surface area contributed by atoms with E-state index in [1.807, 2.05) is 6.92 Å². The predicted octanol–water partition coefficient (Wildman–Crippen LogP) is 8.77. The van der Waals surface area contributed by atoms with Crippen molar-refractivity contribution in [3.8, 4) is 0 Å².